The van der Waals surface area contributed by atoms with Gasteiger partial charge in [0.2, 0.25) is 0 Å². The molecule has 1 aromatic heterocycles. The Bertz CT molecular complexity index is 643. The van der Waals surface area contributed by atoms with E-state index in [1.165, 1.54) is 11.3 Å². The van der Waals surface area contributed by atoms with E-state index >= 15 is 0 Å². The Hall–Kier alpha value is -1.43. The van der Waals surface area contributed by atoms with Crippen LogP contribution in [0.3, 0.4) is 0 Å². The van der Waals surface area contributed by atoms with Gasteiger partial charge in [-0.25, -0.2) is 4.98 Å². The number of halogens is 1. The number of carbonyl (C=O) groups excluding carboxylic acids is 1. The molecular weight excluding hydrogens is 320 g/mol. The lowest BCUT2D eigenvalue weighted by atomic mass is 10.2. The summed E-state index contributed by atoms with van der Waals surface area (Å²) < 4.78 is 4.98. The molecule has 22 heavy (non-hydrogen) atoms. The van der Waals surface area contributed by atoms with Crippen LogP contribution in [0.4, 0.5) is 0 Å². The van der Waals surface area contributed by atoms with Crippen LogP contribution in [0.25, 0.3) is 10.6 Å². The molecule has 1 heterocycles. The molecule has 0 aliphatic heterocycles. The molecule has 0 aliphatic carbocycles. The van der Waals surface area contributed by atoms with Crippen molar-refractivity contribution in [1.82, 2.24) is 10.3 Å². The van der Waals surface area contributed by atoms with Crippen molar-refractivity contribution in [2.75, 3.05) is 20.3 Å². The Morgan fingerprint density at radius 2 is 2.23 bits per heavy atom. The summed E-state index contributed by atoms with van der Waals surface area (Å²) in [5, 5.41) is 4.40. The summed E-state index contributed by atoms with van der Waals surface area (Å²) in [4.78, 5) is 17.3. The van der Waals surface area contributed by atoms with Crippen molar-refractivity contribution >= 4 is 28.8 Å². The molecule has 0 atom stereocenters. The van der Waals surface area contributed by atoms with Crippen LogP contribution >= 0.6 is 22.9 Å². The van der Waals surface area contributed by atoms with Crippen molar-refractivity contribution in [2.45, 2.75) is 19.8 Å². The number of hydrogen-bond acceptors (Lipinski definition) is 4. The second-order valence-corrected chi connectivity index (χ2v) is 6.34. The fourth-order valence-electron chi connectivity index (χ4n) is 2.01. The zero-order valence-corrected chi connectivity index (χ0v) is 14.3. The van der Waals surface area contributed by atoms with E-state index in [2.05, 4.69) is 10.3 Å². The Balaban J connectivity index is 2.02. The van der Waals surface area contributed by atoms with Gasteiger partial charge in [0.05, 0.1) is 5.69 Å². The minimum atomic E-state index is -0.0688. The van der Waals surface area contributed by atoms with Crippen molar-refractivity contribution in [3.63, 3.8) is 0 Å². The first-order chi connectivity index (χ1) is 10.6. The first kappa shape index (κ1) is 16.9. The fourth-order valence-corrected chi connectivity index (χ4v) is 3.17. The largest absolute Gasteiger partial charge is 0.385 e. The molecule has 4 nitrogen and oxygen atoms in total. The van der Waals surface area contributed by atoms with E-state index in [9.17, 15) is 4.79 Å². The molecule has 0 unspecified atom stereocenters. The number of ether oxygens (including phenoxy) is 1. The Labute approximate surface area is 139 Å². The van der Waals surface area contributed by atoms with Crippen molar-refractivity contribution < 1.29 is 9.53 Å². The van der Waals surface area contributed by atoms with Crippen LogP contribution in [-0.4, -0.2) is 31.2 Å². The van der Waals surface area contributed by atoms with Crippen LogP contribution in [-0.2, 0) is 4.74 Å². The van der Waals surface area contributed by atoms with Gasteiger partial charge < -0.3 is 10.1 Å². The molecule has 0 fully saturated rings. The molecule has 118 valence electrons. The van der Waals surface area contributed by atoms with Crippen LogP contribution in [0.1, 0.15) is 28.2 Å². The summed E-state index contributed by atoms with van der Waals surface area (Å²) in [5.41, 5.74) is 1.68. The van der Waals surface area contributed by atoms with Gasteiger partial charge in [-0.05, 0) is 31.9 Å². The Morgan fingerprint density at radius 1 is 1.41 bits per heavy atom. The van der Waals surface area contributed by atoms with Gasteiger partial charge in [0.15, 0.2) is 0 Å². The minimum absolute atomic E-state index is 0.0688. The fraction of sp³-hybridized carbons (Fsp3) is 0.375. The van der Waals surface area contributed by atoms with Gasteiger partial charge in [0.1, 0.15) is 9.88 Å². The highest BCUT2D eigenvalue weighted by Gasteiger charge is 2.15. The number of unbranched alkanes of at least 4 members (excludes halogenated alkanes) is 1. The van der Waals surface area contributed by atoms with E-state index in [1.807, 2.05) is 31.2 Å². The normalized spacial score (nSPS) is 10.7. The van der Waals surface area contributed by atoms with E-state index in [0.29, 0.717) is 23.1 Å². The number of nitrogens with one attached hydrogen (secondary N) is 1. The standard InChI is InChI=1S/C16H19ClN2O2S/c1-11-14(15(20)18-8-3-4-9-21-2)22-16(19-11)12-6-5-7-13(17)10-12/h5-7,10H,3-4,8-9H2,1-2H3,(H,18,20). The van der Waals surface area contributed by atoms with Crippen LogP contribution in [0.15, 0.2) is 24.3 Å². The first-order valence-electron chi connectivity index (χ1n) is 7.12. The highest BCUT2D eigenvalue weighted by Crippen LogP contribution is 2.29. The average molecular weight is 339 g/mol. The smallest absolute Gasteiger partial charge is 0.263 e. The number of rotatable bonds is 7. The lowest BCUT2D eigenvalue weighted by molar-refractivity contribution is 0.0954. The topological polar surface area (TPSA) is 51.2 Å². The van der Waals surface area contributed by atoms with E-state index in [0.717, 1.165) is 29.1 Å². The van der Waals surface area contributed by atoms with Gasteiger partial charge in [0, 0.05) is 30.8 Å². The second kappa shape index (κ2) is 8.27. The van der Waals surface area contributed by atoms with Gasteiger partial charge in [-0.15, -0.1) is 11.3 Å². The summed E-state index contributed by atoms with van der Waals surface area (Å²) in [5.74, 6) is -0.0688. The molecule has 6 heteroatoms. The maximum atomic E-state index is 12.2. The first-order valence-corrected chi connectivity index (χ1v) is 8.31. The molecule has 0 saturated heterocycles. The number of benzene rings is 1. The van der Waals surface area contributed by atoms with Crippen molar-refractivity contribution in [2.24, 2.45) is 0 Å². The number of aryl methyl sites for hydroxylation is 1. The van der Waals surface area contributed by atoms with Crippen LogP contribution in [0, 0.1) is 6.92 Å². The maximum absolute atomic E-state index is 12.2. The van der Waals surface area contributed by atoms with Crippen LogP contribution < -0.4 is 5.32 Å². The quantitative estimate of drug-likeness (QED) is 0.778. The number of aromatic nitrogens is 1. The lowest BCUT2D eigenvalue weighted by Crippen LogP contribution is -2.24. The molecular formula is C16H19ClN2O2S. The predicted octanol–water partition coefficient (Wildman–Crippen LogP) is 3.93. The molecule has 2 rings (SSSR count). The summed E-state index contributed by atoms with van der Waals surface area (Å²) >= 11 is 7.39. The Morgan fingerprint density at radius 3 is 2.95 bits per heavy atom. The highest BCUT2D eigenvalue weighted by atomic mass is 35.5. The third-order valence-electron chi connectivity index (χ3n) is 3.14. The SMILES string of the molecule is COCCCCNC(=O)c1sc(-c2cccc(Cl)c2)nc1C. The molecule has 2 aromatic rings. The van der Waals surface area contributed by atoms with E-state index in [-0.39, 0.29) is 5.91 Å². The summed E-state index contributed by atoms with van der Waals surface area (Å²) in [7, 11) is 1.68. The molecule has 0 radical (unpaired) electrons. The second-order valence-electron chi connectivity index (χ2n) is 4.90. The van der Waals surface area contributed by atoms with Crippen molar-refractivity contribution in [3.8, 4) is 10.6 Å². The molecule has 0 aliphatic rings. The summed E-state index contributed by atoms with van der Waals surface area (Å²) in [6.45, 7) is 3.21. The van der Waals surface area contributed by atoms with Gasteiger partial charge in [-0.2, -0.15) is 0 Å². The number of hydrogen-bond donors (Lipinski definition) is 1. The summed E-state index contributed by atoms with van der Waals surface area (Å²) in [6.07, 6.45) is 1.84. The maximum Gasteiger partial charge on any atom is 0.263 e. The van der Waals surface area contributed by atoms with Gasteiger partial charge in [-0.1, -0.05) is 23.7 Å². The number of nitrogens with zero attached hydrogens (tertiary/aromatic N) is 1. The lowest BCUT2D eigenvalue weighted by Gasteiger charge is -2.03. The van der Waals surface area contributed by atoms with E-state index < -0.39 is 0 Å². The van der Waals surface area contributed by atoms with E-state index in [4.69, 9.17) is 16.3 Å². The van der Waals surface area contributed by atoms with E-state index in [1.54, 1.807) is 7.11 Å². The predicted molar refractivity (Wildman–Crippen MR) is 90.7 cm³/mol. The van der Waals surface area contributed by atoms with Crippen LogP contribution in [0.5, 0.6) is 0 Å². The van der Waals surface area contributed by atoms with Crippen molar-refractivity contribution in [3.05, 3.63) is 39.9 Å². The third kappa shape index (κ3) is 4.53. The van der Waals surface area contributed by atoms with Crippen molar-refractivity contribution in [1.29, 1.82) is 0 Å². The zero-order valence-electron chi connectivity index (χ0n) is 12.7. The molecule has 0 saturated carbocycles. The monoisotopic (exact) mass is 338 g/mol. The van der Waals surface area contributed by atoms with Gasteiger partial charge in [0.25, 0.3) is 5.91 Å². The average Bonchev–Trinajstić information content (AvgIpc) is 2.89. The zero-order chi connectivity index (χ0) is 15.9. The number of amides is 1. The molecule has 1 aromatic carbocycles. The number of carbonyl (C=O) groups is 1. The minimum Gasteiger partial charge on any atom is -0.385 e. The van der Waals surface area contributed by atoms with Gasteiger partial charge >= 0.3 is 0 Å². The number of methoxy groups -OCH3 is 1. The molecule has 0 bridgehead atoms. The Kier molecular flexibility index (Phi) is 6.36. The highest BCUT2D eigenvalue weighted by molar-refractivity contribution is 7.17. The number of thiazole rings is 1. The van der Waals surface area contributed by atoms with Crippen LogP contribution in [0.2, 0.25) is 5.02 Å². The molecule has 1 amide bonds. The summed E-state index contributed by atoms with van der Waals surface area (Å²) in [6, 6.07) is 7.49. The van der Waals surface area contributed by atoms with Gasteiger partial charge in [-0.3, -0.25) is 4.79 Å². The molecule has 1 N–H and O–H groups in total. The third-order valence-corrected chi connectivity index (χ3v) is 4.58. The molecule has 0 spiro atoms.